The van der Waals surface area contributed by atoms with E-state index in [-0.39, 0.29) is 0 Å². The number of fused-ring (bicyclic) bond motifs is 6. The Hall–Kier alpha value is -7.42. The molecule has 0 spiro atoms. The summed E-state index contributed by atoms with van der Waals surface area (Å²) in [4.78, 5) is 0. The van der Waals surface area contributed by atoms with E-state index < -0.39 is 0 Å². The number of furan rings is 1. The van der Waals surface area contributed by atoms with Crippen molar-refractivity contribution in [2.45, 2.75) is 0 Å². The van der Waals surface area contributed by atoms with E-state index in [1.165, 1.54) is 49.6 Å². The van der Waals surface area contributed by atoms with E-state index >= 15 is 0 Å². The maximum atomic E-state index is 6.60. The lowest BCUT2D eigenvalue weighted by atomic mass is 9.91. The number of hydrogen-bond donors (Lipinski definition) is 0. The molecule has 0 radical (unpaired) electrons. The minimum absolute atomic E-state index is 0.900. The van der Waals surface area contributed by atoms with Crippen LogP contribution in [0.5, 0.6) is 0 Å². The molecule has 2 nitrogen and oxygen atoms in total. The minimum atomic E-state index is 0.900. The first kappa shape index (κ1) is 32.0. The molecule has 0 aliphatic rings. The van der Waals surface area contributed by atoms with Crippen molar-refractivity contribution < 1.29 is 4.42 Å². The molecule has 56 heavy (non-hydrogen) atoms. The topological polar surface area (TPSA) is 18.1 Å². The number of para-hydroxylation sites is 3. The normalized spacial score (nSPS) is 11.6. The maximum absolute atomic E-state index is 6.60. The van der Waals surface area contributed by atoms with Crippen LogP contribution in [-0.2, 0) is 0 Å². The Morgan fingerprint density at radius 2 is 0.750 bits per heavy atom. The largest absolute Gasteiger partial charge is 0.455 e. The number of benzene rings is 9. The molecule has 11 aromatic rings. The Balaban J connectivity index is 1.15. The summed E-state index contributed by atoms with van der Waals surface area (Å²) in [6.45, 7) is 0. The predicted octanol–water partition coefficient (Wildman–Crippen LogP) is 15.0. The zero-order chi connectivity index (χ0) is 37.0. The first-order valence-electron chi connectivity index (χ1n) is 19.2. The highest BCUT2D eigenvalue weighted by atomic mass is 16.3. The van der Waals surface area contributed by atoms with Gasteiger partial charge in [-0.1, -0.05) is 146 Å². The molecule has 0 saturated carbocycles. The van der Waals surface area contributed by atoms with Crippen LogP contribution in [-0.4, -0.2) is 4.57 Å². The van der Waals surface area contributed by atoms with Gasteiger partial charge >= 0.3 is 0 Å². The molecule has 11 rings (SSSR count). The monoisotopic (exact) mass is 713 g/mol. The quantitative estimate of drug-likeness (QED) is 0.168. The van der Waals surface area contributed by atoms with Crippen molar-refractivity contribution >= 4 is 43.7 Å². The average molecular weight is 714 g/mol. The summed E-state index contributed by atoms with van der Waals surface area (Å²) >= 11 is 0. The molecule has 2 aromatic heterocycles. The van der Waals surface area contributed by atoms with Crippen molar-refractivity contribution in [3.63, 3.8) is 0 Å². The number of hydrogen-bond acceptors (Lipinski definition) is 1. The Morgan fingerprint density at radius 1 is 0.286 bits per heavy atom. The van der Waals surface area contributed by atoms with Gasteiger partial charge in [0.25, 0.3) is 0 Å². The van der Waals surface area contributed by atoms with Crippen LogP contribution < -0.4 is 0 Å². The van der Waals surface area contributed by atoms with E-state index in [2.05, 4.69) is 211 Å². The molecule has 2 heteroatoms. The van der Waals surface area contributed by atoms with Crippen LogP contribution in [0.4, 0.5) is 0 Å². The van der Waals surface area contributed by atoms with Gasteiger partial charge in [0.1, 0.15) is 11.2 Å². The molecular weight excluding hydrogens is 679 g/mol. The van der Waals surface area contributed by atoms with E-state index in [0.29, 0.717) is 0 Å². The van der Waals surface area contributed by atoms with Crippen LogP contribution in [0, 0.1) is 0 Å². The maximum Gasteiger partial charge on any atom is 0.143 e. The van der Waals surface area contributed by atoms with Gasteiger partial charge in [-0.15, -0.1) is 0 Å². The van der Waals surface area contributed by atoms with Gasteiger partial charge < -0.3 is 8.98 Å². The van der Waals surface area contributed by atoms with Gasteiger partial charge in [0.15, 0.2) is 0 Å². The molecule has 2 heterocycles. The van der Waals surface area contributed by atoms with Crippen LogP contribution in [0.1, 0.15) is 0 Å². The van der Waals surface area contributed by atoms with Gasteiger partial charge in [0.05, 0.1) is 11.0 Å². The van der Waals surface area contributed by atoms with E-state index in [1.54, 1.807) is 0 Å². The van der Waals surface area contributed by atoms with E-state index in [1.807, 2.05) is 6.07 Å². The minimum Gasteiger partial charge on any atom is -0.455 e. The molecule has 0 amide bonds. The van der Waals surface area contributed by atoms with E-state index in [9.17, 15) is 0 Å². The third-order valence-electron chi connectivity index (χ3n) is 11.2. The second-order valence-corrected chi connectivity index (χ2v) is 14.5. The molecule has 9 aromatic carbocycles. The fourth-order valence-corrected chi connectivity index (χ4v) is 8.47. The predicted molar refractivity (Wildman–Crippen MR) is 235 cm³/mol. The molecule has 0 atom stereocenters. The van der Waals surface area contributed by atoms with Crippen molar-refractivity contribution in [1.82, 2.24) is 4.57 Å². The standard InChI is InChI=1S/C54H35NO/c1-4-14-36(15-5-1)38-18-12-19-39(30-38)42-31-43(33-44(32-42)46-23-13-24-48-47-22-10-11-25-53(47)56-54(46)48)41-27-29-52-50(35-41)49-34-40(37-16-6-2-7-17-37)26-28-51(49)55(52)45-20-8-3-9-21-45/h1-35H. The van der Waals surface area contributed by atoms with Gasteiger partial charge in [0.2, 0.25) is 0 Å². The molecule has 0 aliphatic carbocycles. The zero-order valence-corrected chi connectivity index (χ0v) is 30.6. The summed E-state index contributed by atoms with van der Waals surface area (Å²) in [7, 11) is 0. The average Bonchev–Trinajstić information content (AvgIpc) is 3.82. The summed E-state index contributed by atoms with van der Waals surface area (Å²) in [6.07, 6.45) is 0. The zero-order valence-electron chi connectivity index (χ0n) is 30.6. The molecule has 0 N–H and O–H groups in total. The molecule has 0 aliphatic heterocycles. The SMILES string of the molecule is c1ccc(-c2cccc(-c3cc(-c4ccc5c(c4)c4cc(-c6ccccc6)ccc4n5-c4ccccc4)cc(-c4cccc5c4oc4ccccc45)c3)c2)cc1. The lowest BCUT2D eigenvalue weighted by molar-refractivity contribution is 0.670. The molecule has 0 unspecified atom stereocenters. The van der Waals surface area contributed by atoms with Crippen LogP contribution in [0.2, 0.25) is 0 Å². The van der Waals surface area contributed by atoms with Crippen LogP contribution in [0.3, 0.4) is 0 Å². The van der Waals surface area contributed by atoms with Gasteiger partial charge in [-0.2, -0.15) is 0 Å². The Morgan fingerprint density at radius 3 is 1.41 bits per heavy atom. The first-order chi connectivity index (χ1) is 27.7. The van der Waals surface area contributed by atoms with Gasteiger partial charge in [-0.25, -0.2) is 0 Å². The van der Waals surface area contributed by atoms with Crippen molar-refractivity contribution in [3.8, 4) is 61.3 Å². The fraction of sp³-hybridized carbons (Fsp3) is 0. The summed E-state index contributed by atoms with van der Waals surface area (Å²) in [5.74, 6) is 0. The highest BCUT2D eigenvalue weighted by Gasteiger charge is 2.18. The fourth-order valence-electron chi connectivity index (χ4n) is 8.47. The van der Waals surface area contributed by atoms with Gasteiger partial charge in [0, 0.05) is 32.8 Å². The summed E-state index contributed by atoms with van der Waals surface area (Å²) in [5, 5.41) is 4.70. The first-order valence-corrected chi connectivity index (χ1v) is 19.2. The third kappa shape index (κ3) is 5.42. The summed E-state index contributed by atoms with van der Waals surface area (Å²) in [6, 6.07) is 76.5. The number of nitrogens with zero attached hydrogens (tertiary/aromatic N) is 1. The van der Waals surface area contributed by atoms with E-state index in [4.69, 9.17) is 4.42 Å². The summed E-state index contributed by atoms with van der Waals surface area (Å²) < 4.78 is 8.99. The van der Waals surface area contributed by atoms with E-state index in [0.717, 1.165) is 55.4 Å². The molecule has 0 saturated heterocycles. The van der Waals surface area contributed by atoms with Crippen LogP contribution in [0.15, 0.2) is 217 Å². The van der Waals surface area contributed by atoms with Gasteiger partial charge in [-0.3, -0.25) is 0 Å². The van der Waals surface area contributed by atoms with Crippen molar-refractivity contribution in [2.24, 2.45) is 0 Å². The highest BCUT2D eigenvalue weighted by molar-refractivity contribution is 6.12. The number of rotatable bonds is 6. The van der Waals surface area contributed by atoms with Crippen molar-refractivity contribution in [3.05, 3.63) is 212 Å². The van der Waals surface area contributed by atoms with Crippen molar-refractivity contribution in [1.29, 1.82) is 0 Å². The summed E-state index contributed by atoms with van der Waals surface area (Å²) in [5.41, 5.74) is 17.0. The Bertz CT molecular complexity index is 3230. The third-order valence-corrected chi connectivity index (χ3v) is 11.2. The second-order valence-electron chi connectivity index (χ2n) is 14.5. The van der Waals surface area contributed by atoms with Crippen LogP contribution in [0.25, 0.3) is 105 Å². The molecule has 0 bridgehead atoms. The molecule has 262 valence electrons. The molecular formula is C54H35NO. The highest BCUT2D eigenvalue weighted by Crippen LogP contribution is 2.42. The van der Waals surface area contributed by atoms with Crippen molar-refractivity contribution in [2.75, 3.05) is 0 Å². The second kappa shape index (κ2) is 13.2. The Kier molecular flexibility index (Phi) is 7.53. The lowest BCUT2D eigenvalue weighted by Crippen LogP contribution is -1.93. The van der Waals surface area contributed by atoms with Crippen LogP contribution >= 0.6 is 0 Å². The van der Waals surface area contributed by atoms with Gasteiger partial charge in [-0.05, 0) is 117 Å². The Labute approximate surface area is 325 Å². The molecule has 0 fully saturated rings. The number of aromatic nitrogens is 1. The lowest BCUT2D eigenvalue weighted by Gasteiger charge is -2.13. The smallest absolute Gasteiger partial charge is 0.143 e.